The molecule has 1 rings (SSSR count). The van der Waals surface area contributed by atoms with Crippen LogP contribution < -0.4 is 0 Å². The fraction of sp³-hybridized carbons (Fsp3) is 0.273. The van der Waals surface area contributed by atoms with E-state index in [1.165, 1.54) is 10.5 Å². The lowest BCUT2D eigenvalue weighted by Crippen LogP contribution is -1.74. The van der Waals surface area contributed by atoms with Crippen LogP contribution in [-0.2, 0) is 0 Å². The molecule has 0 N–H and O–H groups in total. The summed E-state index contributed by atoms with van der Waals surface area (Å²) in [6.07, 6.45) is 7.54. The second kappa shape index (κ2) is 6.28. The lowest BCUT2D eigenvalue weighted by atomic mass is 10.2. The maximum absolute atomic E-state index is 3.40. The monoisotopic (exact) mass is 256 g/mol. The van der Waals surface area contributed by atoms with Crippen molar-refractivity contribution in [3.8, 4) is 0 Å². The van der Waals surface area contributed by atoms with E-state index in [-0.39, 0.29) is 0 Å². The Morgan fingerprint density at radius 2 is 2.31 bits per heavy atom. The molecule has 1 aromatic carbocycles. The van der Waals surface area contributed by atoms with E-state index in [0.717, 1.165) is 11.8 Å². The van der Waals surface area contributed by atoms with Gasteiger partial charge >= 0.3 is 0 Å². The molecule has 0 heterocycles. The van der Waals surface area contributed by atoms with Gasteiger partial charge in [-0.3, -0.25) is 0 Å². The van der Waals surface area contributed by atoms with Gasteiger partial charge in [0.1, 0.15) is 0 Å². The van der Waals surface area contributed by atoms with E-state index >= 15 is 0 Å². The first-order valence-corrected chi connectivity index (χ1v) is 6.58. The van der Waals surface area contributed by atoms with Crippen LogP contribution in [0.5, 0.6) is 0 Å². The molecular weight excluding hydrogens is 244 g/mol. The van der Waals surface area contributed by atoms with Gasteiger partial charge in [-0.25, -0.2) is 0 Å². The zero-order chi connectivity index (χ0) is 9.52. The maximum atomic E-state index is 3.40. The standard InChI is InChI=1S/C11H13BrS/c1-13-11-7-4-6-10(9-11)5-2-3-8-12/h2,4-7,9H,3,8H2,1H3. The first-order chi connectivity index (χ1) is 6.36. The molecule has 13 heavy (non-hydrogen) atoms. The largest absolute Gasteiger partial charge is 0.130 e. The van der Waals surface area contributed by atoms with E-state index in [4.69, 9.17) is 0 Å². The van der Waals surface area contributed by atoms with Crippen molar-refractivity contribution in [1.29, 1.82) is 0 Å². The molecule has 0 atom stereocenters. The van der Waals surface area contributed by atoms with Gasteiger partial charge in [0.05, 0.1) is 0 Å². The Hall–Kier alpha value is -0.210. The molecule has 0 aliphatic heterocycles. The number of thioether (sulfide) groups is 1. The molecule has 70 valence electrons. The summed E-state index contributed by atoms with van der Waals surface area (Å²) in [4.78, 5) is 1.32. The number of halogens is 1. The third kappa shape index (κ3) is 4.01. The van der Waals surface area contributed by atoms with Crippen LogP contribution in [0.3, 0.4) is 0 Å². The van der Waals surface area contributed by atoms with Crippen LogP contribution in [0.2, 0.25) is 0 Å². The van der Waals surface area contributed by atoms with Gasteiger partial charge in [-0.15, -0.1) is 11.8 Å². The third-order valence-electron chi connectivity index (χ3n) is 1.68. The second-order valence-electron chi connectivity index (χ2n) is 2.66. The molecule has 2 heteroatoms. The lowest BCUT2D eigenvalue weighted by Gasteiger charge is -1.97. The minimum Gasteiger partial charge on any atom is -0.130 e. The minimum absolute atomic E-state index is 1.03. The minimum atomic E-state index is 1.03. The zero-order valence-electron chi connectivity index (χ0n) is 7.66. The Labute approximate surface area is 92.6 Å². The molecule has 0 nitrogen and oxygen atoms in total. The maximum Gasteiger partial charge on any atom is 0.00750 e. The van der Waals surface area contributed by atoms with Crippen LogP contribution in [0.25, 0.3) is 6.08 Å². The Kier molecular flexibility index (Phi) is 5.25. The Morgan fingerprint density at radius 1 is 1.46 bits per heavy atom. The van der Waals surface area contributed by atoms with Crippen molar-refractivity contribution in [2.24, 2.45) is 0 Å². The van der Waals surface area contributed by atoms with Crippen molar-refractivity contribution in [1.82, 2.24) is 0 Å². The van der Waals surface area contributed by atoms with E-state index in [2.05, 4.69) is 58.6 Å². The van der Waals surface area contributed by atoms with Gasteiger partial charge in [0.15, 0.2) is 0 Å². The molecule has 0 bridgehead atoms. The summed E-state index contributed by atoms with van der Waals surface area (Å²) >= 11 is 5.17. The van der Waals surface area contributed by atoms with E-state index in [0.29, 0.717) is 0 Å². The van der Waals surface area contributed by atoms with Crippen LogP contribution in [0.1, 0.15) is 12.0 Å². The molecule has 0 saturated carbocycles. The van der Waals surface area contributed by atoms with E-state index in [1.54, 1.807) is 11.8 Å². The number of rotatable bonds is 4. The van der Waals surface area contributed by atoms with E-state index < -0.39 is 0 Å². The molecule has 0 unspecified atom stereocenters. The van der Waals surface area contributed by atoms with Crippen LogP contribution in [-0.4, -0.2) is 11.6 Å². The number of alkyl halides is 1. The molecule has 0 fully saturated rings. The summed E-state index contributed by atoms with van der Waals surface area (Å²) in [7, 11) is 0. The van der Waals surface area contributed by atoms with Gasteiger partial charge in [0, 0.05) is 10.2 Å². The van der Waals surface area contributed by atoms with Gasteiger partial charge in [-0.1, -0.05) is 40.2 Å². The highest BCUT2D eigenvalue weighted by Gasteiger charge is 1.89. The van der Waals surface area contributed by atoms with Crippen LogP contribution in [0.4, 0.5) is 0 Å². The van der Waals surface area contributed by atoms with E-state index in [9.17, 15) is 0 Å². The first kappa shape index (κ1) is 10.9. The Morgan fingerprint density at radius 3 is 3.00 bits per heavy atom. The highest BCUT2D eigenvalue weighted by atomic mass is 79.9. The molecule has 0 saturated heterocycles. The van der Waals surface area contributed by atoms with Crippen LogP contribution in [0, 0.1) is 0 Å². The molecule has 0 aliphatic rings. The summed E-state index contributed by atoms with van der Waals surface area (Å²) in [5.41, 5.74) is 1.28. The number of allylic oxidation sites excluding steroid dienone is 1. The topological polar surface area (TPSA) is 0 Å². The summed E-state index contributed by atoms with van der Waals surface area (Å²) in [6, 6.07) is 8.56. The fourth-order valence-electron chi connectivity index (χ4n) is 1.03. The number of hydrogen-bond donors (Lipinski definition) is 0. The SMILES string of the molecule is CSc1cccc(C=CCCBr)c1. The van der Waals surface area contributed by atoms with Crippen molar-refractivity contribution >= 4 is 33.8 Å². The van der Waals surface area contributed by atoms with Gasteiger partial charge in [-0.05, 0) is 30.4 Å². The predicted molar refractivity (Wildman–Crippen MR) is 65.7 cm³/mol. The first-order valence-electron chi connectivity index (χ1n) is 4.23. The average Bonchev–Trinajstić information content (AvgIpc) is 2.19. The molecular formula is C11H13BrS. The second-order valence-corrected chi connectivity index (χ2v) is 4.33. The molecule has 0 spiro atoms. The highest BCUT2D eigenvalue weighted by Crippen LogP contribution is 2.16. The summed E-state index contributed by atoms with van der Waals surface area (Å²) in [5.74, 6) is 0. The Balaban J connectivity index is 2.66. The quantitative estimate of drug-likeness (QED) is 0.575. The van der Waals surface area contributed by atoms with E-state index in [1.807, 2.05) is 0 Å². The number of hydrogen-bond acceptors (Lipinski definition) is 1. The third-order valence-corrected chi connectivity index (χ3v) is 2.86. The van der Waals surface area contributed by atoms with Crippen molar-refractivity contribution in [3.05, 3.63) is 35.9 Å². The smallest absolute Gasteiger partial charge is 0.00750 e. The molecule has 0 amide bonds. The van der Waals surface area contributed by atoms with Crippen LogP contribution >= 0.6 is 27.7 Å². The summed E-state index contributed by atoms with van der Waals surface area (Å²) in [5, 5.41) is 1.03. The Bertz CT molecular complexity index is 281. The highest BCUT2D eigenvalue weighted by molar-refractivity contribution is 9.09. The van der Waals surface area contributed by atoms with Crippen molar-refractivity contribution in [3.63, 3.8) is 0 Å². The predicted octanol–water partition coefficient (Wildman–Crippen LogP) is 4.21. The normalized spacial score (nSPS) is 10.9. The lowest BCUT2D eigenvalue weighted by molar-refractivity contribution is 1.27. The van der Waals surface area contributed by atoms with Gasteiger partial charge in [0.2, 0.25) is 0 Å². The van der Waals surface area contributed by atoms with Crippen molar-refractivity contribution < 1.29 is 0 Å². The van der Waals surface area contributed by atoms with Gasteiger partial charge in [-0.2, -0.15) is 0 Å². The zero-order valence-corrected chi connectivity index (χ0v) is 10.1. The average molecular weight is 257 g/mol. The van der Waals surface area contributed by atoms with Crippen LogP contribution in [0.15, 0.2) is 35.2 Å². The van der Waals surface area contributed by atoms with Crippen molar-refractivity contribution in [2.75, 3.05) is 11.6 Å². The van der Waals surface area contributed by atoms with Crippen molar-refractivity contribution in [2.45, 2.75) is 11.3 Å². The fourth-order valence-corrected chi connectivity index (χ4v) is 1.76. The van der Waals surface area contributed by atoms with Gasteiger partial charge in [0.25, 0.3) is 0 Å². The number of benzene rings is 1. The van der Waals surface area contributed by atoms with Gasteiger partial charge < -0.3 is 0 Å². The molecule has 0 aromatic heterocycles. The molecule has 1 aromatic rings. The molecule has 0 aliphatic carbocycles. The molecule has 0 radical (unpaired) electrons. The summed E-state index contributed by atoms with van der Waals surface area (Å²) in [6.45, 7) is 0. The summed E-state index contributed by atoms with van der Waals surface area (Å²) < 4.78 is 0.